The molecular formula is C4H5F2I. The third-order valence-corrected chi connectivity index (χ3v) is 0.715. The Morgan fingerprint density at radius 2 is 2.00 bits per heavy atom. The van der Waals surface area contributed by atoms with Gasteiger partial charge in [0.1, 0.15) is 0 Å². The van der Waals surface area contributed by atoms with E-state index in [-0.39, 0.29) is 0 Å². The minimum absolute atomic E-state index is 0.841. The Balaban J connectivity index is 3.56. The fourth-order valence-corrected chi connectivity index (χ4v) is 0.549. The summed E-state index contributed by atoms with van der Waals surface area (Å²) < 4.78 is 20.6. The van der Waals surface area contributed by atoms with Crippen LogP contribution in [0.15, 0.2) is 12.2 Å². The topological polar surface area (TPSA) is 0 Å². The van der Waals surface area contributed by atoms with Crippen molar-refractivity contribution in [2.24, 2.45) is 0 Å². The van der Waals surface area contributed by atoms with E-state index in [0.29, 0.717) is 0 Å². The van der Waals surface area contributed by atoms with E-state index >= 15 is 0 Å². The molecule has 0 radical (unpaired) electrons. The van der Waals surface area contributed by atoms with Crippen molar-refractivity contribution in [3.63, 3.8) is 0 Å². The second-order valence-corrected chi connectivity index (χ2v) is 2.48. The molecule has 0 saturated heterocycles. The largest absolute Gasteiger partial charge is 0.314 e. The number of rotatable bonds is 1. The molecule has 0 fully saturated rings. The van der Waals surface area contributed by atoms with Crippen LogP contribution in [0.4, 0.5) is 8.78 Å². The Labute approximate surface area is 54.7 Å². The summed E-state index contributed by atoms with van der Waals surface area (Å²) in [7, 11) is 0. The van der Waals surface area contributed by atoms with E-state index in [2.05, 4.69) is 0 Å². The normalized spacial score (nSPS) is 13.1. The molecule has 0 saturated carbocycles. The van der Waals surface area contributed by atoms with Gasteiger partial charge >= 0.3 is 3.93 Å². The van der Waals surface area contributed by atoms with E-state index in [1.165, 1.54) is 6.08 Å². The Hall–Kier alpha value is 0.330. The smallest absolute Gasteiger partial charge is 0.190 e. The van der Waals surface area contributed by atoms with Gasteiger partial charge in [-0.25, -0.2) is 0 Å². The number of allylic oxidation sites excluding steroid dienone is 2. The predicted molar refractivity (Wildman–Crippen MR) is 33.8 cm³/mol. The molecule has 42 valence electrons. The predicted octanol–water partition coefficient (Wildman–Crippen LogP) is 2.59. The van der Waals surface area contributed by atoms with Gasteiger partial charge in [0.15, 0.2) is 0 Å². The van der Waals surface area contributed by atoms with Gasteiger partial charge in [-0.05, 0) is 13.0 Å². The van der Waals surface area contributed by atoms with Crippen LogP contribution in [0.3, 0.4) is 0 Å². The van der Waals surface area contributed by atoms with Crippen molar-refractivity contribution in [3.8, 4) is 0 Å². The molecule has 0 rings (SSSR count). The van der Waals surface area contributed by atoms with Crippen molar-refractivity contribution < 1.29 is 8.78 Å². The lowest BCUT2D eigenvalue weighted by Crippen LogP contribution is -1.95. The lowest BCUT2D eigenvalue weighted by atomic mass is 10.5. The van der Waals surface area contributed by atoms with Gasteiger partial charge < -0.3 is 0 Å². The van der Waals surface area contributed by atoms with Crippen LogP contribution in [-0.4, -0.2) is 3.93 Å². The molecule has 0 bridgehead atoms. The highest BCUT2D eigenvalue weighted by atomic mass is 127. The van der Waals surface area contributed by atoms with Crippen molar-refractivity contribution >= 4 is 22.6 Å². The first-order chi connectivity index (χ1) is 3.06. The summed E-state index contributed by atoms with van der Waals surface area (Å²) in [5.74, 6) is 0. The molecule has 0 N–H and O–H groups in total. The number of halogens is 3. The number of hydrogen-bond acceptors (Lipinski definition) is 0. The van der Waals surface area contributed by atoms with E-state index in [0.717, 1.165) is 28.7 Å². The van der Waals surface area contributed by atoms with Gasteiger partial charge in [-0.1, -0.05) is 6.08 Å². The maximum Gasteiger partial charge on any atom is 0.314 e. The van der Waals surface area contributed by atoms with E-state index in [1.807, 2.05) is 0 Å². The van der Waals surface area contributed by atoms with Crippen molar-refractivity contribution in [1.82, 2.24) is 0 Å². The van der Waals surface area contributed by atoms with Crippen LogP contribution in [-0.2, 0) is 0 Å². The van der Waals surface area contributed by atoms with Gasteiger partial charge in [0.25, 0.3) is 0 Å². The molecule has 7 heavy (non-hydrogen) atoms. The lowest BCUT2D eigenvalue weighted by Gasteiger charge is -1.96. The highest BCUT2D eigenvalue weighted by Crippen LogP contribution is 2.23. The van der Waals surface area contributed by atoms with Crippen LogP contribution in [0.2, 0.25) is 0 Å². The first-order valence-corrected chi connectivity index (χ1v) is 2.85. The van der Waals surface area contributed by atoms with Crippen LogP contribution >= 0.6 is 22.6 Å². The van der Waals surface area contributed by atoms with Crippen molar-refractivity contribution in [1.29, 1.82) is 0 Å². The summed E-state index contributed by atoms with van der Waals surface area (Å²) in [4.78, 5) is 0. The lowest BCUT2D eigenvalue weighted by molar-refractivity contribution is 0.183. The van der Waals surface area contributed by atoms with Crippen molar-refractivity contribution in [3.05, 3.63) is 12.2 Å². The summed E-state index contributed by atoms with van der Waals surface area (Å²) in [6.07, 6.45) is 2.17. The maximum atomic E-state index is 11.6. The van der Waals surface area contributed by atoms with E-state index < -0.39 is 3.93 Å². The molecule has 0 aromatic rings. The molecule has 0 aliphatic rings. The quantitative estimate of drug-likeness (QED) is 0.360. The van der Waals surface area contributed by atoms with E-state index in [9.17, 15) is 8.78 Å². The standard InChI is InChI=1S/C4H5F2I/c1-2-3-4(5,6)7/h2-3H,1H3/b3-2+. The van der Waals surface area contributed by atoms with Crippen molar-refractivity contribution in [2.45, 2.75) is 10.9 Å². The summed E-state index contributed by atoms with van der Waals surface area (Å²) >= 11 is 1.06. The Bertz CT molecular complexity index is 72.2. The Morgan fingerprint density at radius 3 is 2.00 bits per heavy atom. The first kappa shape index (κ1) is 7.33. The summed E-state index contributed by atoms with van der Waals surface area (Å²) in [5.41, 5.74) is 0. The van der Waals surface area contributed by atoms with Crippen molar-refractivity contribution in [2.75, 3.05) is 0 Å². The SMILES string of the molecule is C/C=C/C(F)(F)I. The highest BCUT2D eigenvalue weighted by molar-refractivity contribution is 14.1. The fraction of sp³-hybridized carbons (Fsp3) is 0.500. The van der Waals surface area contributed by atoms with Crippen LogP contribution in [0.1, 0.15) is 6.92 Å². The third-order valence-electron chi connectivity index (χ3n) is 0.356. The molecule has 0 aliphatic heterocycles. The number of hydrogen-bond donors (Lipinski definition) is 0. The van der Waals surface area contributed by atoms with Gasteiger partial charge in [0.05, 0.1) is 0 Å². The number of alkyl halides is 3. The Kier molecular flexibility index (Phi) is 2.71. The van der Waals surface area contributed by atoms with Crippen LogP contribution in [0.25, 0.3) is 0 Å². The first-order valence-electron chi connectivity index (χ1n) is 1.77. The third kappa shape index (κ3) is 6.33. The molecule has 0 aromatic heterocycles. The fourth-order valence-electron chi connectivity index (χ4n) is 0.189. The Morgan fingerprint density at radius 1 is 1.57 bits per heavy atom. The van der Waals surface area contributed by atoms with Crippen LogP contribution in [0.5, 0.6) is 0 Å². The van der Waals surface area contributed by atoms with E-state index in [4.69, 9.17) is 0 Å². The van der Waals surface area contributed by atoms with Gasteiger partial charge in [-0.2, -0.15) is 8.78 Å². The average Bonchev–Trinajstić information content (AvgIpc) is 1.30. The zero-order chi connectivity index (χ0) is 5.91. The molecule has 0 aromatic carbocycles. The molecule has 0 unspecified atom stereocenters. The minimum atomic E-state index is -2.66. The molecule has 0 atom stereocenters. The molecule has 3 heteroatoms. The second kappa shape index (κ2) is 2.59. The van der Waals surface area contributed by atoms with Crippen LogP contribution < -0.4 is 0 Å². The van der Waals surface area contributed by atoms with E-state index in [1.54, 1.807) is 6.92 Å². The zero-order valence-electron chi connectivity index (χ0n) is 3.79. The minimum Gasteiger partial charge on any atom is -0.190 e. The molecule has 0 heterocycles. The van der Waals surface area contributed by atoms with Gasteiger partial charge in [-0.3, -0.25) is 0 Å². The summed E-state index contributed by atoms with van der Waals surface area (Å²) in [6.45, 7) is 1.56. The van der Waals surface area contributed by atoms with Gasteiger partial charge in [0, 0.05) is 22.6 Å². The van der Waals surface area contributed by atoms with Gasteiger partial charge in [-0.15, -0.1) is 0 Å². The monoisotopic (exact) mass is 218 g/mol. The molecule has 0 spiro atoms. The van der Waals surface area contributed by atoms with Gasteiger partial charge in [0.2, 0.25) is 0 Å². The molecule has 0 aliphatic carbocycles. The maximum absolute atomic E-state index is 11.6. The summed E-state index contributed by atoms with van der Waals surface area (Å²) in [6, 6.07) is 0. The van der Waals surface area contributed by atoms with Crippen LogP contribution in [0, 0.1) is 0 Å². The molecule has 0 nitrogen and oxygen atoms in total. The summed E-state index contributed by atoms with van der Waals surface area (Å²) in [5, 5.41) is 0. The zero-order valence-corrected chi connectivity index (χ0v) is 5.95. The molecule has 0 amide bonds. The highest BCUT2D eigenvalue weighted by Gasteiger charge is 2.16. The second-order valence-electron chi connectivity index (χ2n) is 1.04. The molecular weight excluding hydrogens is 213 g/mol. The average molecular weight is 218 g/mol.